The van der Waals surface area contributed by atoms with Crippen molar-refractivity contribution in [1.29, 1.82) is 0 Å². The molecule has 1 aliphatic rings. The van der Waals surface area contributed by atoms with Crippen LogP contribution in [-0.4, -0.2) is 11.9 Å². The van der Waals surface area contributed by atoms with Crippen molar-refractivity contribution in [3.8, 4) is 0 Å². The molecule has 1 amide bonds. The van der Waals surface area contributed by atoms with E-state index in [1.54, 1.807) is 0 Å². The van der Waals surface area contributed by atoms with E-state index in [-0.39, 0.29) is 11.9 Å². The van der Waals surface area contributed by atoms with Crippen LogP contribution in [0.1, 0.15) is 26.7 Å². The second-order valence-corrected chi connectivity index (χ2v) is 3.41. The Labute approximate surface area is 67.7 Å². The third-order valence-electron chi connectivity index (χ3n) is 2.24. The summed E-state index contributed by atoms with van der Waals surface area (Å²) in [6, 6.07) is 0.205. The van der Waals surface area contributed by atoms with Crippen LogP contribution in [0.4, 0.5) is 0 Å². The van der Waals surface area contributed by atoms with Gasteiger partial charge in [0.25, 0.3) is 0 Å². The SMILES string of the molecule is C=C(C)[C@@H]1NC(=O)CC[C@H]1C. The first-order valence-electron chi connectivity index (χ1n) is 4.06. The fraction of sp³-hybridized carbons (Fsp3) is 0.667. The minimum absolute atomic E-state index is 0.163. The Hall–Kier alpha value is -0.790. The summed E-state index contributed by atoms with van der Waals surface area (Å²) in [7, 11) is 0. The maximum Gasteiger partial charge on any atom is 0.220 e. The van der Waals surface area contributed by atoms with Gasteiger partial charge in [-0.05, 0) is 19.3 Å². The van der Waals surface area contributed by atoms with E-state index in [9.17, 15) is 4.79 Å². The fourth-order valence-electron chi connectivity index (χ4n) is 1.52. The Morgan fingerprint density at radius 2 is 2.36 bits per heavy atom. The number of nitrogens with one attached hydrogen (secondary N) is 1. The summed E-state index contributed by atoms with van der Waals surface area (Å²) in [5.41, 5.74) is 1.06. The highest BCUT2D eigenvalue weighted by molar-refractivity contribution is 5.77. The summed E-state index contributed by atoms with van der Waals surface area (Å²) in [6.07, 6.45) is 1.66. The van der Waals surface area contributed by atoms with Gasteiger partial charge in [-0.15, -0.1) is 0 Å². The second-order valence-electron chi connectivity index (χ2n) is 3.41. The van der Waals surface area contributed by atoms with E-state index in [2.05, 4.69) is 18.8 Å². The lowest BCUT2D eigenvalue weighted by Gasteiger charge is -2.29. The molecule has 11 heavy (non-hydrogen) atoms. The van der Waals surface area contributed by atoms with E-state index in [0.29, 0.717) is 12.3 Å². The molecular weight excluding hydrogens is 138 g/mol. The highest BCUT2D eigenvalue weighted by atomic mass is 16.1. The topological polar surface area (TPSA) is 29.1 Å². The molecule has 62 valence electrons. The third kappa shape index (κ3) is 1.82. The van der Waals surface area contributed by atoms with Crippen LogP contribution in [0.5, 0.6) is 0 Å². The fourth-order valence-corrected chi connectivity index (χ4v) is 1.52. The van der Waals surface area contributed by atoms with Crippen LogP contribution in [0.25, 0.3) is 0 Å². The molecular formula is C9H15NO. The maximum absolute atomic E-state index is 11.0. The van der Waals surface area contributed by atoms with Crippen molar-refractivity contribution in [2.45, 2.75) is 32.7 Å². The van der Waals surface area contributed by atoms with Crippen molar-refractivity contribution in [3.05, 3.63) is 12.2 Å². The molecule has 0 radical (unpaired) electrons. The van der Waals surface area contributed by atoms with Crippen LogP contribution in [0.3, 0.4) is 0 Å². The Morgan fingerprint density at radius 3 is 2.82 bits per heavy atom. The Balaban J connectivity index is 2.61. The van der Waals surface area contributed by atoms with Gasteiger partial charge in [-0.25, -0.2) is 0 Å². The number of carbonyl (C=O) groups excluding carboxylic acids is 1. The van der Waals surface area contributed by atoms with Crippen LogP contribution >= 0.6 is 0 Å². The molecule has 0 aromatic rings. The van der Waals surface area contributed by atoms with Gasteiger partial charge < -0.3 is 5.32 Å². The number of hydrogen-bond donors (Lipinski definition) is 1. The van der Waals surface area contributed by atoms with Gasteiger partial charge in [0.2, 0.25) is 5.91 Å². The number of hydrogen-bond acceptors (Lipinski definition) is 1. The monoisotopic (exact) mass is 153 g/mol. The zero-order chi connectivity index (χ0) is 8.43. The van der Waals surface area contributed by atoms with Gasteiger partial charge in [0, 0.05) is 6.42 Å². The smallest absolute Gasteiger partial charge is 0.220 e. The predicted octanol–water partition coefficient (Wildman–Crippen LogP) is 1.48. The summed E-state index contributed by atoms with van der Waals surface area (Å²) >= 11 is 0. The van der Waals surface area contributed by atoms with Crippen LogP contribution < -0.4 is 5.32 Å². The molecule has 0 bridgehead atoms. The summed E-state index contributed by atoms with van der Waals surface area (Å²) in [6.45, 7) is 7.97. The average Bonchev–Trinajstić information content (AvgIpc) is 1.94. The summed E-state index contributed by atoms with van der Waals surface area (Å²) in [4.78, 5) is 11.0. The Bertz CT molecular complexity index is 186. The van der Waals surface area contributed by atoms with Gasteiger partial charge in [0.15, 0.2) is 0 Å². The van der Waals surface area contributed by atoms with Gasteiger partial charge in [0.05, 0.1) is 6.04 Å². The van der Waals surface area contributed by atoms with Gasteiger partial charge >= 0.3 is 0 Å². The predicted molar refractivity (Wildman–Crippen MR) is 45.1 cm³/mol. The minimum atomic E-state index is 0.163. The molecule has 0 aliphatic carbocycles. The molecule has 1 heterocycles. The lowest BCUT2D eigenvalue weighted by Crippen LogP contribution is -2.44. The van der Waals surface area contributed by atoms with E-state index in [4.69, 9.17) is 0 Å². The number of rotatable bonds is 1. The zero-order valence-corrected chi connectivity index (χ0v) is 7.18. The molecule has 2 atom stereocenters. The molecule has 2 nitrogen and oxygen atoms in total. The molecule has 2 heteroatoms. The molecule has 1 rings (SSSR count). The molecule has 1 fully saturated rings. The van der Waals surface area contributed by atoms with E-state index in [1.807, 2.05) is 6.92 Å². The molecule has 0 aromatic heterocycles. The van der Waals surface area contributed by atoms with E-state index >= 15 is 0 Å². The maximum atomic E-state index is 11.0. The highest BCUT2D eigenvalue weighted by Crippen LogP contribution is 2.20. The van der Waals surface area contributed by atoms with Gasteiger partial charge in [0.1, 0.15) is 0 Å². The lowest BCUT2D eigenvalue weighted by molar-refractivity contribution is -0.123. The molecule has 0 spiro atoms. The first-order chi connectivity index (χ1) is 5.11. The summed E-state index contributed by atoms with van der Waals surface area (Å²) in [5, 5.41) is 2.93. The Kier molecular flexibility index (Phi) is 2.32. The van der Waals surface area contributed by atoms with Gasteiger partial charge in [-0.1, -0.05) is 19.1 Å². The van der Waals surface area contributed by atoms with Crippen molar-refractivity contribution in [1.82, 2.24) is 5.32 Å². The number of carbonyl (C=O) groups is 1. The quantitative estimate of drug-likeness (QED) is 0.568. The van der Waals surface area contributed by atoms with E-state index in [1.165, 1.54) is 0 Å². The molecule has 0 aromatic carbocycles. The summed E-state index contributed by atoms with van der Waals surface area (Å²) in [5.74, 6) is 0.710. The van der Waals surface area contributed by atoms with E-state index in [0.717, 1.165) is 12.0 Å². The van der Waals surface area contributed by atoms with Crippen LogP contribution in [0, 0.1) is 5.92 Å². The third-order valence-corrected chi connectivity index (χ3v) is 2.24. The second kappa shape index (κ2) is 3.07. The molecule has 1 N–H and O–H groups in total. The van der Waals surface area contributed by atoms with Crippen LogP contribution in [0.2, 0.25) is 0 Å². The summed E-state index contributed by atoms with van der Waals surface area (Å²) < 4.78 is 0. The zero-order valence-electron chi connectivity index (χ0n) is 7.18. The van der Waals surface area contributed by atoms with Crippen molar-refractivity contribution in [2.75, 3.05) is 0 Å². The average molecular weight is 153 g/mol. The van der Waals surface area contributed by atoms with Gasteiger partial charge in [-0.2, -0.15) is 0 Å². The first kappa shape index (κ1) is 8.31. The molecule has 0 saturated carbocycles. The largest absolute Gasteiger partial charge is 0.349 e. The van der Waals surface area contributed by atoms with Crippen molar-refractivity contribution in [3.63, 3.8) is 0 Å². The number of piperidine rings is 1. The normalized spacial score (nSPS) is 31.3. The Morgan fingerprint density at radius 1 is 1.73 bits per heavy atom. The first-order valence-corrected chi connectivity index (χ1v) is 4.06. The molecule has 1 aliphatic heterocycles. The number of amides is 1. The van der Waals surface area contributed by atoms with Crippen molar-refractivity contribution in [2.24, 2.45) is 5.92 Å². The van der Waals surface area contributed by atoms with E-state index < -0.39 is 0 Å². The molecule has 0 unspecified atom stereocenters. The standard InChI is InChI=1S/C9H15NO/c1-6(2)9-7(3)4-5-8(11)10-9/h7,9H,1,4-5H2,2-3H3,(H,10,11)/t7-,9+/m1/s1. The van der Waals surface area contributed by atoms with Crippen LogP contribution in [-0.2, 0) is 4.79 Å². The van der Waals surface area contributed by atoms with Gasteiger partial charge in [-0.3, -0.25) is 4.79 Å². The highest BCUT2D eigenvalue weighted by Gasteiger charge is 2.24. The lowest BCUT2D eigenvalue weighted by atomic mass is 9.88. The van der Waals surface area contributed by atoms with Crippen molar-refractivity contribution < 1.29 is 4.79 Å². The molecule has 1 saturated heterocycles. The van der Waals surface area contributed by atoms with Crippen LogP contribution in [0.15, 0.2) is 12.2 Å². The van der Waals surface area contributed by atoms with Crippen molar-refractivity contribution >= 4 is 5.91 Å². The minimum Gasteiger partial charge on any atom is -0.349 e.